The van der Waals surface area contributed by atoms with Crippen LogP contribution in [0.15, 0.2) is 30.3 Å². The summed E-state index contributed by atoms with van der Waals surface area (Å²) >= 11 is 11.6. The molecule has 1 nitrogen and oxygen atoms in total. The Hall–Kier alpha value is -1.39. The van der Waals surface area contributed by atoms with Crippen LogP contribution >= 0.6 is 23.2 Å². The Kier molecular flexibility index (Phi) is 4.22. The standard InChI is InChI=1S/C13H8Cl2F3N/c14-8-3-9(15)5-10(4-8)19-6-7-1-11(16)13(18)12(17)2-7/h1-5,19H,6H2. The van der Waals surface area contributed by atoms with Gasteiger partial charge in [-0.05, 0) is 35.9 Å². The van der Waals surface area contributed by atoms with Gasteiger partial charge in [0.25, 0.3) is 0 Å². The van der Waals surface area contributed by atoms with E-state index in [0.717, 1.165) is 12.1 Å². The van der Waals surface area contributed by atoms with E-state index in [1.807, 2.05) is 0 Å². The summed E-state index contributed by atoms with van der Waals surface area (Å²) in [5, 5.41) is 3.76. The molecular formula is C13H8Cl2F3N. The van der Waals surface area contributed by atoms with Crippen molar-refractivity contribution in [2.75, 3.05) is 5.32 Å². The van der Waals surface area contributed by atoms with Crippen LogP contribution in [0.5, 0.6) is 0 Å². The molecule has 0 unspecified atom stereocenters. The number of rotatable bonds is 3. The van der Waals surface area contributed by atoms with Gasteiger partial charge in [-0.3, -0.25) is 0 Å². The fourth-order valence-electron chi connectivity index (χ4n) is 1.57. The number of halogens is 5. The summed E-state index contributed by atoms with van der Waals surface area (Å²) in [5.41, 5.74) is 0.870. The minimum atomic E-state index is -1.48. The predicted molar refractivity (Wildman–Crippen MR) is 70.1 cm³/mol. The summed E-state index contributed by atoms with van der Waals surface area (Å²) in [4.78, 5) is 0. The van der Waals surface area contributed by atoms with Crippen molar-refractivity contribution in [1.29, 1.82) is 0 Å². The summed E-state index contributed by atoms with van der Waals surface area (Å²) in [6.45, 7) is 0.116. The quantitative estimate of drug-likeness (QED) is 0.785. The average molecular weight is 306 g/mol. The maximum Gasteiger partial charge on any atom is 0.194 e. The van der Waals surface area contributed by atoms with Gasteiger partial charge in [0.1, 0.15) is 0 Å². The minimum absolute atomic E-state index is 0.116. The molecular weight excluding hydrogens is 298 g/mol. The summed E-state index contributed by atoms with van der Waals surface area (Å²) < 4.78 is 38.8. The zero-order valence-corrected chi connectivity index (χ0v) is 11.0. The van der Waals surface area contributed by atoms with E-state index in [0.29, 0.717) is 15.7 Å². The van der Waals surface area contributed by atoms with Gasteiger partial charge in [-0.1, -0.05) is 23.2 Å². The first kappa shape index (κ1) is 14.0. The van der Waals surface area contributed by atoms with Crippen LogP contribution in [0.3, 0.4) is 0 Å². The molecule has 19 heavy (non-hydrogen) atoms. The van der Waals surface area contributed by atoms with Gasteiger partial charge in [0.05, 0.1) is 0 Å². The van der Waals surface area contributed by atoms with Gasteiger partial charge >= 0.3 is 0 Å². The highest BCUT2D eigenvalue weighted by Gasteiger charge is 2.10. The van der Waals surface area contributed by atoms with Crippen molar-refractivity contribution in [3.8, 4) is 0 Å². The highest BCUT2D eigenvalue weighted by atomic mass is 35.5. The maximum atomic E-state index is 13.0. The lowest BCUT2D eigenvalue weighted by molar-refractivity contribution is 0.445. The van der Waals surface area contributed by atoms with Crippen molar-refractivity contribution in [2.45, 2.75) is 6.54 Å². The molecule has 2 aromatic carbocycles. The summed E-state index contributed by atoms with van der Waals surface area (Å²) in [6, 6.07) is 6.65. The van der Waals surface area contributed by atoms with E-state index in [1.54, 1.807) is 18.2 Å². The first-order chi connectivity index (χ1) is 8.95. The molecule has 0 spiro atoms. The Labute approximate surface area is 118 Å². The number of hydrogen-bond donors (Lipinski definition) is 1. The SMILES string of the molecule is Fc1cc(CNc2cc(Cl)cc(Cl)c2)cc(F)c1F. The van der Waals surface area contributed by atoms with Crippen LogP contribution in [-0.2, 0) is 6.54 Å². The molecule has 0 saturated heterocycles. The van der Waals surface area contributed by atoms with Gasteiger partial charge in [0, 0.05) is 22.3 Å². The van der Waals surface area contributed by atoms with E-state index in [-0.39, 0.29) is 12.1 Å². The molecule has 2 rings (SSSR count). The molecule has 0 fully saturated rings. The molecule has 0 bridgehead atoms. The molecule has 100 valence electrons. The van der Waals surface area contributed by atoms with Crippen LogP contribution in [0, 0.1) is 17.5 Å². The van der Waals surface area contributed by atoms with Gasteiger partial charge in [0.15, 0.2) is 17.5 Å². The Morgan fingerprint density at radius 1 is 0.842 bits per heavy atom. The van der Waals surface area contributed by atoms with Crippen molar-refractivity contribution in [2.24, 2.45) is 0 Å². The number of anilines is 1. The first-order valence-electron chi connectivity index (χ1n) is 5.29. The second-order valence-electron chi connectivity index (χ2n) is 3.89. The Bertz CT molecular complexity index is 574. The lowest BCUT2D eigenvalue weighted by Crippen LogP contribution is -2.02. The highest BCUT2D eigenvalue weighted by Crippen LogP contribution is 2.23. The van der Waals surface area contributed by atoms with Crippen molar-refractivity contribution in [1.82, 2.24) is 0 Å². The zero-order chi connectivity index (χ0) is 14.0. The zero-order valence-electron chi connectivity index (χ0n) is 9.48. The number of benzene rings is 2. The topological polar surface area (TPSA) is 12.0 Å². The van der Waals surface area contributed by atoms with Crippen LogP contribution in [0.4, 0.5) is 18.9 Å². The normalized spacial score (nSPS) is 10.6. The van der Waals surface area contributed by atoms with Crippen molar-refractivity contribution in [3.05, 3.63) is 63.4 Å². The van der Waals surface area contributed by atoms with E-state index >= 15 is 0 Å². The number of hydrogen-bond acceptors (Lipinski definition) is 1. The van der Waals surface area contributed by atoms with Gasteiger partial charge in [0.2, 0.25) is 0 Å². The van der Waals surface area contributed by atoms with Crippen LogP contribution in [0.1, 0.15) is 5.56 Å². The molecule has 2 aromatic rings. The molecule has 0 radical (unpaired) electrons. The molecule has 0 atom stereocenters. The van der Waals surface area contributed by atoms with Crippen LogP contribution in [0.25, 0.3) is 0 Å². The van der Waals surface area contributed by atoms with Crippen molar-refractivity contribution >= 4 is 28.9 Å². The van der Waals surface area contributed by atoms with Gasteiger partial charge in [-0.25, -0.2) is 13.2 Å². The average Bonchev–Trinajstić information content (AvgIpc) is 2.32. The van der Waals surface area contributed by atoms with Crippen molar-refractivity contribution < 1.29 is 13.2 Å². The second-order valence-corrected chi connectivity index (χ2v) is 4.76. The van der Waals surface area contributed by atoms with Crippen LogP contribution in [-0.4, -0.2) is 0 Å². The van der Waals surface area contributed by atoms with Gasteiger partial charge in [-0.15, -0.1) is 0 Å². The number of nitrogens with one attached hydrogen (secondary N) is 1. The largest absolute Gasteiger partial charge is 0.381 e. The Balaban J connectivity index is 2.14. The highest BCUT2D eigenvalue weighted by molar-refractivity contribution is 6.35. The minimum Gasteiger partial charge on any atom is -0.381 e. The molecule has 0 amide bonds. The van der Waals surface area contributed by atoms with Gasteiger partial charge < -0.3 is 5.32 Å². The van der Waals surface area contributed by atoms with Gasteiger partial charge in [-0.2, -0.15) is 0 Å². The fraction of sp³-hybridized carbons (Fsp3) is 0.0769. The Morgan fingerprint density at radius 2 is 1.37 bits per heavy atom. The molecule has 1 N–H and O–H groups in total. The van der Waals surface area contributed by atoms with E-state index in [1.165, 1.54) is 0 Å². The lowest BCUT2D eigenvalue weighted by atomic mass is 10.2. The second kappa shape index (κ2) is 5.72. The smallest absolute Gasteiger partial charge is 0.194 e. The molecule has 0 saturated carbocycles. The molecule has 0 heterocycles. The molecule has 0 aliphatic carbocycles. The molecule has 6 heteroatoms. The third-order valence-corrected chi connectivity index (χ3v) is 2.84. The van der Waals surface area contributed by atoms with Crippen LogP contribution < -0.4 is 5.32 Å². The summed E-state index contributed by atoms with van der Waals surface area (Å²) in [5.74, 6) is -3.92. The van der Waals surface area contributed by atoms with E-state index < -0.39 is 17.5 Å². The third kappa shape index (κ3) is 3.55. The summed E-state index contributed by atoms with van der Waals surface area (Å²) in [7, 11) is 0. The van der Waals surface area contributed by atoms with E-state index in [9.17, 15) is 13.2 Å². The fourth-order valence-corrected chi connectivity index (χ4v) is 2.10. The summed E-state index contributed by atoms with van der Waals surface area (Å²) in [6.07, 6.45) is 0. The Morgan fingerprint density at radius 3 is 1.89 bits per heavy atom. The van der Waals surface area contributed by atoms with E-state index in [4.69, 9.17) is 23.2 Å². The maximum absolute atomic E-state index is 13.0. The molecule has 0 aromatic heterocycles. The van der Waals surface area contributed by atoms with E-state index in [2.05, 4.69) is 5.32 Å². The lowest BCUT2D eigenvalue weighted by Gasteiger charge is -2.08. The van der Waals surface area contributed by atoms with Crippen LogP contribution in [0.2, 0.25) is 10.0 Å². The molecule has 0 aliphatic rings. The first-order valence-corrected chi connectivity index (χ1v) is 6.04. The van der Waals surface area contributed by atoms with Crippen molar-refractivity contribution in [3.63, 3.8) is 0 Å². The third-order valence-electron chi connectivity index (χ3n) is 2.40. The predicted octanol–water partition coefficient (Wildman–Crippen LogP) is 5.02. The molecule has 0 aliphatic heterocycles. The monoisotopic (exact) mass is 305 g/mol.